The van der Waals surface area contributed by atoms with Crippen molar-refractivity contribution in [2.75, 3.05) is 6.61 Å². The van der Waals surface area contributed by atoms with Crippen molar-refractivity contribution < 1.29 is 9.53 Å². The number of ether oxygens (including phenoxy) is 1. The standard InChI is InChI=1S/C11H13Br2N5O2/c1-2-20-9(19)6-3-5(12)4-7(13)8(6)17-11(16)18-10(14)15/h3-4H,2H2,1H3,(H6,14,15,16,17,18). The maximum Gasteiger partial charge on any atom is 0.340 e. The average Bonchev–Trinajstić information content (AvgIpc) is 2.31. The Balaban J connectivity index is 3.37. The maximum absolute atomic E-state index is 11.9. The van der Waals surface area contributed by atoms with Crippen molar-refractivity contribution in [2.24, 2.45) is 27.2 Å². The van der Waals surface area contributed by atoms with E-state index in [2.05, 4.69) is 41.8 Å². The summed E-state index contributed by atoms with van der Waals surface area (Å²) in [5.41, 5.74) is 16.5. The van der Waals surface area contributed by atoms with Crippen molar-refractivity contribution in [1.82, 2.24) is 0 Å². The minimum Gasteiger partial charge on any atom is -0.462 e. The third kappa shape index (κ3) is 4.49. The number of halogens is 2. The van der Waals surface area contributed by atoms with E-state index < -0.39 is 5.97 Å². The van der Waals surface area contributed by atoms with Crippen LogP contribution in [0.2, 0.25) is 0 Å². The maximum atomic E-state index is 11.9. The van der Waals surface area contributed by atoms with Gasteiger partial charge in [-0.05, 0) is 35.0 Å². The van der Waals surface area contributed by atoms with Crippen LogP contribution in [0, 0.1) is 0 Å². The summed E-state index contributed by atoms with van der Waals surface area (Å²) in [6, 6.07) is 3.29. The van der Waals surface area contributed by atoms with Gasteiger partial charge in [-0.15, -0.1) is 0 Å². The molecule has 1 aromatic rings. The Bertz CT molecular complexity index is 582. The van der Waals surface area contributed by atoms with Crippen molar-refractivity contribution in [3.63, 3.8) is 0 Å². The summed E-state index contributed by atoms with van der Waals surface area (Å²) in [4.78, 5) is 19.5. The Morgan fingerprint density at radius 2 is 1.95 bits per heavy atom. The number of aliphatic imine (C=N–C) groups is 2. The number of guanidine groups is 2. The molecule has 7 nitrogen and oxygen atoms in total. The molecule has 0 saturated heterocycles. The Hall–Kier alpha value is -1.61. The first kappa shape index (κ1) is 16.4. The number of hydrogen-bond donors (Lipinski definition) is 3. The summed E-state index contributed by atoms with van der Waals surface area (Å²) in [6.07, 6.45) is 0. The highest BCUT2D eigenvalue weighted by molar-refractivity contribution is 9.11. The molecule has 0 aliphatic rings. The lowest BCUT2D eigenvalue weighted by atomic mass is 10.2. The van der Waals surface area contributed by atoms with E-state index in [0.29, 0.717) is 8.95 Å². The smallest absolute Gasteiger partial charge is 0.340 e. The first-order chi connectivity index (χ1) is 9.35. The number of carbonyl (C=O) groups excluding carboxylic acids is 1. The number of rotatable bonds is 3. The quantitative estimate of drug-likeness (QED) is 0.398. The zero-order valence-electron chi connectivity index (χ0n) is 10.6. The molecule has 0 bridgehead atoms. The van der Waals surface area contributed by atoms with Gasteiger partial charge in [0.15, 0.2) is 5.96 Å². The molecule has 0 spiro atoms. The highest BCUT2D eigenvalue weighted by Gasteiger charge is 2.16. The lowest BCUT2D eigenvalue weighted by molar-refractivity contribution is 0.0527. The van der Waals surface area contributed by atoms with Gasteiger partial charge in [0.2, 0.25) is 5.96 Å². The number of benzene rings is 1. The highest BCUT2D eigenvalue weighted by Crippen LogP contribution is 2.33. The lowest BCUT2D eigenvalue weighted by Gasteiger charge is -2.08. The molecule has 1 rings (SSSR count). The number of nitrogens with two attached hydrogens (primary N) is 3. The zero-order chi connectivity index (χ0) is 15.3. The van der Waals surface area contributed by atoms with Crippen LogP contribution in [0.25, 0.3) is 0 Å². The summed E-state index contributed by atoms with van der Waals surface area (Å²) >= 11 is 6.59. The first-order valence-electron chi connectivity index (χ1n) is 5.45. The Morgan fingerprint density at radius 1 is 1.30 bits per heavy atom. The molecule has 0 amide bonds. The number of nitrogens with zero attached hydrogens (tertiary/aromatic N) is 2. The van der Waals surface area contributed by atoms with Gasteiger partial charge in [-0.3, -0.25) is 0 Å². The van der Waals surface area contributed by atoms with Crippen molar-refractivity contribution in [1.29, 1.82) is 0 Å². The van der Waals surface area contributed by atoms with E-state index in [1.54, 1.807) is 19.1 Å². The molecule has 0 radical (unpaired) electrons. The molecule has 0 aliphatic heterocycles. The van der Waals surface area contributed by atoms with E-state index >= 15 is 0 Å². The summed E-state index contributed by atoms with van der Waals surface area (Å²) in [7, 11) is 0. The minimum absolute atomic E-state index is 0.168. The van der Waals surface area contributed by atoms with Crippen LogP contribution >= 0.6 is 31.9 Å². The van der Waals surface area contributed by atoms with Gasteiger partial charge in [-0.1, -0.05) is 15.9 Å². The minimum atomic E-state index is -0.522. The number of esters is 1. The molecule has 0 atom stereocenters. The molecule has 20 heavy (non-hydrogen) atoms. The first-order valence-corrected chi connectivity index (χ1v) is 7.03. The average molecular weight is 407 g/mol. The van der Waals surface area contributed by atoms with Crippen LogP contribution in [0.4, 0.5) is 5.69 Å². The fraction of sp³-hybridized carbons (Fsp3) is 0.182. The Labute approximate surface area is 132 Å². The van der Waals surface area contributed by atoms with E-state index in [1.807, 2.05) is 0 Å². The van der Waals surface area contributed by atoms with Crippen LogP contribution in [0.1, 0.15) is 17.3 Å². The summed E-state index contributed by atoms with van der Waals surface area (Å²) in [5, 5.41) is 0. The van der Waals surface area contributed by atoms with Crippen molar-refractivity contribution in [3.8, 4) is 0 Å². The third-order valence-corrected chi connectivity index (χ3v) is 3.06. The molecule has 0 fully saturated rings. The molecule has 9 heteroatoms. The third-order valence-electron chi connectivity index (χ3n) is 1.99. The second kappa shape index (κ2) is 7.25. The monoisotopic (exact) mass is 405 g/mol. The van der Waals surface area contributed by atoms with Crippen LogP contribution in [-0.2, 0) is 4.74 Å². The van der Waals surface area contributed by atoms with E-state index in [1.165, 1.54) is 0 Å². The van der Waals surface area contributed by atoms with Crippen LogP contribution in [0.15, 0.2) is 31.1 Å². The molecular formula is C11H13Br2N5O2. The van der Waals surface area contributed by atoms with Crippen molar-refractivity contribution in [2.45, 2.75) is 6.92 Å². The van der Waals surface area contributed by atoms with Gasteiger partial charge in [-0.25, -0.2) is 9.79 Å². The molecule has 0 aromatic heterocycles. The second-order valence-corrected chi connectivity index (χ2v) is 5.28. The van der Waals surface area contributed by atoms with E-state index in [0.717, 1.165) is 0 Å². The lowest BCUT2D eigenvalue weighted by Crippen LogP contribution is -2.26. The predicted octanol–water partition coefficient (Wildman–Crippen LogP) is 1.61. The Kier molecular flexibility index (Phi) is 5.96. The van der Waals surface area contributed by atoms with Gasteiger partial charge in [0.25, 0.3) is 0 Å². The van der Waals surface area contributed by atoms with Crippen LogP contribution in [-0.4, -0.2) is 24.5 Å². The van der Waals surface area contributed by atoms with Crippen molar-refractivity contribution >= 4 is 55.4 Å². The predicted molar refractivity (Wildman–Crippen MR) is 84.9 cm³/mol. The topological polar surface area (TPSA) is 129 Å². The molecule has 0 aliphatic carbocycles. The van der Waals surface area contributed by atoms with Gasteiger partial charge in [0.05, 0.1) is 17.9 Å². The molecule has 0 heterocycles. The fourth-order valence-corrected chi connectivity index (χ4v) is 2.63. The van der Waals surface area contributed by atoms with E-state index in [9.17, 15) is 4.79 Å². The van der Waals surface area contributed by atoms with E-state index in [4.69, 9.17) is 21.9 Å². The molecule has 1 aromatic carbocycles. The molecule has 0 unspecified atom stereocenters. The normalized spacial score (nSPS) is 11.1. The molecule has 0 saturated carbocycles. The fourth-order valence-electron chi connectivity index (χ4n) is 1.32. The number of hydrogen-bond acceptors (Lipinski definition) is 3. The van der Waals surface area contributed by atoms with Crippen molar-refractivity contribution in [3.05, 3.63) is 26.6 Å². The van der Waals surface area contributed by atoms with Crippen LogP contribution in [0.5, 0.6) is 0 Å². The Morgan fingerprint density at radius 3 is 2.50 bits per heavy atom. The summed E-state index contributed by atoms with van der Waals surface area (Å²) in [6.45, 7) is 1.96. The highest BCUT2D eigenvalue weighted by atomic mass is 79.9. The van der Waals surface area contributed by atoms with Gasteiger partial charge in [-0.2, -0.15) is 4.99 Å². The molecule has 108 valence electrons. The van der Waals surface area contributed by atoms with Gasteiger partial charge in [0.1, 0.15) is 0 Å². The summed E-state index contributed by atoms with van der Waals surface area (Å²) in [5.74, 6) is -0.915. The molecule has 6 N–H and O–H groups in total. The van der Waals surface area contributed by atoms with Crippen LogP contribution < -0.4 is 17.2 Å². The largest absolute Gasteiger partial charge is 0.462 e. The zero-order valence-corrected chi connectivity index (χ0v) is 13.7. The van der Waals surface area contributed by atoms with Gasteiger partial charge >= 0.3 is 5.97 Å². The second-order valence-electron chi connectivity index (χ2n) is 3.51. The SMILES string of the molecule is CCOC(=O)c1cc(Br)cc(Br)c1N=C(N)N=C(N)N. The van der Waals surface area contributed by atoms with Gasteiger partial charge < -0.3 is 21.9 Å². The van der Waals surface area contributed by atoms with E-state index in [-0.39, 0.29) is 29.8 Å². The summed E-state index contributed by atoms with van der Waals surface area (Å²) < 4.78 is 6.20. The number of carbonyl (C=O) groups is 1. The molecular weight excluding hydrogens is 394 g/mol. The van der Waals surface area contributed by atoms with Gasteiger partial charge in [0, 0.05) is 8.95 Å². The van der Waals surface area contributed by atoms with Crippen LogP contribution in [0.3, 0.4) is 0 Å².